The molecular formula is C13H19NO2S. The van der Waals surface area contributed by atoms with Crippen LogP contribution < -0.4 is 4.72 Å². The van der Waals surface area contributed by atoms with Gasteiger partial charge in [0.05, 0.1) is 4.90 Å². The van der Waals surface area contributed by atoms with Crippen molar-refractivity contribution in [1.82, 2.24) is 4.72 Å². The molecule has 1 aliphatic carbocycles. The molecule has 1 fully saturated rings. The maximum absolute atomic E-state index is 12.1. The van der Waals surface area contributed by atoms with Crippen LogP contribution in [0.2, 0.25) is 0 Å². The normalized spacial score (nSPS) is 18.7. The van der Waals surface area contributed by atoms with Crippen molar-refractivity contribution in [3.63, 3.8) is 0 Å². The molecule has 0 saturated heterocycles. The molecule has 1 saturated carbocycles. The van der Waals surface area contributed by atoms with Crippen LogP contribution in [0, 0.1) is 12.3 Å². The molecule has 4 heteroatoms. The van der Waals surface area contributed by atoms with Gasteiger partial charge in [-0.3, -0.25) is 0 Å². The SMILES string of the molecule is Cc1ccccc1S(=O)(=O)NCC1(C)CCC1. The number of hydrogen-bond acceptors (Lipinski definition) is 2. The highest BCUT2D eigenvalue weighted by molar-refractivity contribution is 7.89. The lowest BCUT2D eigenvalue weighted by atomic mass is 9.71. The highest BCUT2D eigenvalue weighted by Crippen LogP contribution is 2.39. The Morgan fingerprint density at radius 1 is 1.29 bits per heavy atom. The van der Waals surface area contributed by atoms with E-state index in [1.165, 1.54) is 6.42 Å². The van der Waals surface area contributed by atoms with Crippen LogP contribution in [0.1, 0.15) is 31.7 Å². The summed E-state index contributed by atoms with van der Waals surface area (Å²) in [4.78, 5) is 0.392. The summed E-state index contributed by atoms with van der Waals surface area (Å²) in [5.41, 5.74) is 0.953. The number of aryl methyl sites for hydroxylation is 1. The Hall–Kier alpha value is -0.870. The zero-order valence-electron chi connectivity index (χ0n) is 10.4. The van der Waals surface area contributed by atoms with E-state index in [1.807, 2.05) is 19.1 Å². The molecule has 3 nitrogen and oxygen atoms in total. The van der Waals surface area contributed by atoms with Gasteiger partial charge in [-0.2, -0.15) is 0 Å². The van der Waals surface area contributed by atoms with Crippen molar-refractivity contribution in [3.05, 3.63) is 29.8 Å². The average Bonchev–Trinajstić information content (AvgIpc) is 2.24. The molecule has 0 amide bonds. The summed E-state index contributed by atoms with van der Waals surface area (Å²) in [5.74, 6) is 0. The molecule has 0 unspecified atom stereocenters. The van der Waals surface area contributed by atoms with Gasteiger partial charge in [-0.25, -0.2) is 13.1 Å². The first-order valence-electron chi connectivity index (χ1n) is 5.98. The van der Waals surface area contributed by atoms with Gasteiger partial charge in [-0.1, -0.05) is 31.5 Å². The van der Waals surface area contributed by atoms with Crippen LogP contribution in [-0.2, 0) is 10.0 Å². The molecule has 1 aromatic carbocycles. The van der Waals surface area contributed by atoms with Crippen molar-refractivity contribution in [1.29, 1.82) is 0 Å². The maximum atomic E-state index is 12.1. The predicted octanol–water partition coefficient (Wildman–Crippen LogP) is 2.46. The summed E-state index contributed by atoms with van der Waals surface area (Å²) >= 11 is 0. The van der Waals surface area contributed by atoms with Crippen LogP contribution in [0.25, 0.3) is 0 Å². The van der Waals surface area contributed by atoms with Gasteiger partial charge in [0.1, 0.15) is 0 Å². The Kier molecular flexibility index (Phi) is 3.27. The summed E-state index contributed by atoms with van der Waals surface area (Å²) in [6, 6.07) is 7.08. The van der Waals surface area contributed by atoms with Crippen molar-refractivity contribution in [2.75, 3.05) is 6.54 Å². The first-order chi connectivity index (χ1) is 7.93. The molecule has 1 N–H and O–H groups in total. The maximum Gasteiger partial charge on any atom is 0.240 e. The van der Waals surface area contributed by atoms with Gasteiger partial charge >= 0.3 is 0 Å². The van der Waals surface area contributed by atoms with Gasteiger partial charge in [0, 0.05) is 6.54 Å². The number of hydrogen-bond donors (Lipinski definition) is 1. The fourth-order valence-corrected chi connectivity index (χ4v) is 3.61. The van der Waals surface area contributed by atoms with Crippen molar-refractivity contribution in [2.45, 2.75) is 38.0 Å². The Morgan fingerprint density at radius 3 is 2.47 bits per heavy atom. The van der Waals surface area contributed by atoms with Gasteiger partial charge in [-0.15, -0.1) is 0 Å². The first-order valence-corrected chi connectivity index (χ1v) is 7.47. The smallest absolute Gasteiger partial charge is 0.211 e. The fourth-order valence-electron chi connectivity index (χ4n) is 2.16. The Morgan fingerprint density at radius 2 is 1.94 bits per heavy atom. The van der Waals surface area contributed by atoms with Crippen LogP contribution in [0.5, 0.6) is 0 Å². The first kappa shape index (κ1) is 12.6. The summed E-state index contributed by atoms with van der Waals surface area (Å²) in [6.07, 6.45) is 3.44. The zero-order chi connectivity index (χ0) is 12.5. The van der Waals surface area contributed by atoms with E-state index in [9.17, 15) is 8.42 Å². The summed E-state index contributed by atoms with van der Waals surface area (Å²) < 4.78 is 27.0. The van der Waals surface area contributed by atoms with Crippen molar-refractivity contribution < 1.29 is 8.42 Å². The molecule has 0 heterocycles. The molecular weight excluding hydrogens is 234 g/mol. The lowest BCUT2D eigenvalue weighted by Crippen LogP contribution is -2.40. The predicted molar refractivity (Wildman–Crippen MR) is 68.3 cm³/mol. The lowest BCUT2D eigenvalue weighted by molar-refractivity contribution is 0.166. The lowest BCUT2D eigenvalue weighted by Gasteiger charge is -2.38. The van der Waals surface area contributed by atoms with Crippen LogP contribution >= 0.6 is 0 Å². The zero-order valence-corrected chi connectivity index (χ0v) is 11.2. The number of rotatable bonds is 4. The highest BCUT2D eigenvalue weighted by atomic mass is 32.2. The molecule has 0 atom stereocenters. The van der Waals surface area contributed by atoms with E-state index < -0.39 is 10.0 Å². The van der Waals surface area contributed by atoms with Gasteiger partial charge < -0.3 is 0 Å². The largest absolute Gasteiger partial charge is 0.240 e. The van der Waals surface area contributed by atoms with E-state index in [-0.39, 0.29) is 5.41 Å². The fraction of sp³-hybridized carbons (Fsp3) is 0.538. The molecule has 0 bridgehead atoms. The van der Waals surface area contributed by atoms with Crippen LogP contribution in [0.3, 0.4) is 0 Å². The van der Waals surface area contributed by atoms with Crippen LogP contribution in [0.4, 0.5) is 0 Å². The summed E-state index contributed by atoms with van der Waals surface area (Å²) in [5, 5.41) is 0. The van der Waals surface area contributed by atoms with Gasteiger partial charge in [-0.05, 0) is 36.8 Å². The Balaban J connectivity index is 2.12. The van der Waals surface area contributed by atoms with Crippen molar-refractivity contribution in [2.24, 2.45) is 5.41 Å². The van der Waals surface area contributed by atoms with E-state index >= 15 is 0 Å². The minimum absolute atomic E-state index is 0.162. The minimum Gasteiger partial charge on any atom is -0.211 e. The number of sulfonamides is 1. The van der Waals surface area contributed by atoms with Crippen molar-refractivity contribution >= 4 is 10.0 Å². The standard InChI is InChI=1S/C13H19NO2S/c1-11-6-3-4-7-12(11)17(15,16)14-10-13(2)8-5-9-13/h3-4,6-7,14H,5,8-10H2,1-2H3. The molecule has 1 aromatic rings. The summed E-state index contributed by atoms with van der Waals surface area (Å²) in [6.45, 7) is 4.50. The average molecular weight is 253 g/mol. The topological polar surface area (TPSA) is 46.2 Å². The van der Waals surface area contributed by atoms with Gasteiger partial charge in [0.2, 0.25) is 10.0 Å². The molecule has 1 aliphatic rings. The third-order valence-corrected chi connectivity index (χ3v) is 5.19. The second-order valence-electron chi connectivity index (χ2n) is 5.25. The third kappa shape index (κ3) is 2.69. The van der Waals surface area contributed by atoms with E-state index in [0.717, 1.165) is 18.4 Å². The molecule has 0 aliphatic heterocycles. The molecule has 2 rings (SSSR count). The number of benzene rings is 1. The van der Waals surface area contributed by atoms with Gasteiger partial charge in [0.25, 0.3) is 0 Å². The second kappa shape index (κ2) is 4.42. The van der Waals surface area contributed by atoms with Crippen LogP contribution in [-0.4, -0.2) is 15.0 Å². The monoisotopic (exact) mass is 253 g/mol. The molecule has 17 heavy (non-hydrogen) atoms. The van der Waals surface area contributed by atoms with Crippen molar-refractivity contribution in [3.8, 4) is 0 Å². The molecule has 0 radical (unpaired) electrons. The second-order valence-corrected chi connectivity index (χ2v) is 6.99. The van der Waals surface area contributed by atoms with E-state index in [1.54, 1.807) is 12.1 Å². The summed E-state index contributed by atoms with van der Waals surface area (Å²) in [7, 11) is -3.35. The molecule has 0 aromatic heterocycles. The van der Waals surface area contributed by atoms with E-state index in [2.05, 4.69) is 11.6 Å². The Labute approximate surface area is 103 Å². The van der Waals surface area contributed by atoms with E-state index in [4.69, 9.17) is 0 Å². The van der Waals surface area contributed by atoms with Crippen LogP contribution in [0.15, 0.2) is 29.2 Å². The van der Waals surface area contributed by atoms with Gasteiger partial charge in [0.15, 0.2) is 0 Å². The minimum atomic E-state index is -3.35. The Bertz CT molecular complexity index is 504. The molecule has 94 valence electrons. The number of nitrogens with one attached hydrogen (secondary N) is 1. The van der Waals surface area contributed by atoms with E-state index in [0.29, 0.717) is 11.4 Å². The highest BCUT2D eigenvalue weighted by Gasteiger charge is 2.33. The quantitative estimate of drug-likeness (QED) is 0.896. The third-order valence-electron chi connectivity index (χ3n) is 3.63. The molecule has 0 spiro atoms.